The molecule has 0 atom stereocenters. The molecule has 61 heavy (non-hydrogen) atoms. The normalized spacial score (nSPS) is 13.1. The molecule has 0 saturated heterocycles. The summed E-state index contributed by atoms with van der Waals surface area (Å²) >= 11 is 0. The van der Waals surface area contributed by atoms with Gasteiger partial charge in [-0.2, -0.15) is 12.1 Å². The molecule has 0 N–H and O–H groups in total. The van der Waals surface area contributed by atoms with Gasteiger partial charge in [-0.1, -0.05) is 110 Å². The zero-order valence-corrected chi connectivity index (χ0v) is 38.4. The molecule has 0 unspecified atom stereocenters. The van der Waals surface area contributed by atoms with Crippen molar-refractivity contribution >= 4 is 44.6 Å². The maximum atomic E-state index is 13.9. The first kappa shape index (κ1) is 42.0. The first-order valence-corrected chi connectivity index (χ1v) is 20.6. The Balaban J connectivity index is 0.00000514. The fourth-order valence-electron chi connectivity index (χ4n) is 7.93. The van der Waals surface area contributed by atoms with Crippen molar-refractivity contribution in [1.82, 2.24) is 9.55 Å². The number of hydrogen-bond donors (Lipinski definition) is 0. The van der Waals surface area contributed by atoms with Crippen LogP contribution in [0.15, 0.2) is 134 Å². The summed E-state index contributed by atoms with van der Waals surface area (Å²) in [6, 6.07) is 50.0. The number of halogens is 1. The number of pyridine rings is 1. The van der Waals surface area contributed by atoms with Gasteiger partial charge in [-0.15, -0.1) is 48.1 Å². The summed E-state index contributed by atoms with van der Waals surface area (Å²) in [5.41, 5.74) is 11.6. The number of rotatable bonds is 6. The van der Waals surface area contributed by atoms with Crippen LogP contribution in [-0.2, 0) is 37.3 Å². The molecular weight excluding hydrogens is 935 g/mol. The van der Waals surface area contributed by atoms with E-state index in [4.69, 9.17) is 9.72 Å². The van der Waals surface area contributed by atoms with E-state index in [1.807, 2.05) is 36.5 Å². The van der Waals surface area contributed by atoms with Gasteiger partial charge in [0, 0.05) is 61.3 Å². The molecule has 1 aliphatic rings. The fourth-order valence-corrected chi connectivity index (χ4v) is 7.93. The number of aromatic nitrogens is 2. The Kier molecular flexibility index (Phi) is 10.8. The molecule has 7 heteroatoms. The van der Waals surface area contributed by atoms with Crippen molar-refractivity contribution in [3.05, 3.63) is 175 Å². The van der Waals surface area contributed by atoms with Crippen molar-refractivity contribution in [1.29, 1.82) is 0 Å². The molecule has 0 aliphatic carbocycles. The van der Waals surface area contributed by atoms with Crippen LogP contribution in [0.2, 0.25) is 0 Å². The van der Waals surface area contributed by atoms with Crippen LogP contribution in [0.25, 0.3) is 38.8 Å². The molecule has 0 bridgehead atoms. The molecule has 9 rings (SSSR count). The Morgan fingerprint density at radius 1 is 0.574 bits per heavy atom. The molecule has 312 valence electrons. The Morgan fingerprint density at radius 2 is 1.21 bits per heavy atom. The van der Waals surface area contributed by atoms with Gasteiger partial charge in [0.05, 0.1) is 0 Å². The van der Waals surface area contributed by atoms with Gasteiger partial charge in [0.1, 0.15) is 11.6 Å². The molecule has 5 nitrogen and oxygen atoms in total. The molecule has 0 amide bonds. The largest absolute Gasteiger partial charge is 0.509 e. The summed E-state index contributed by atoms with van der Waals surface area (Å²) in [6.07, 6.45) is 1.88. The second-order valence-electron chi connectivity index (χ2n) is 18.9. The number of benzene rings is 6. The van der Waals surface area contributed by atoms with Crippen molar-refractivity contribution in [3.63, 3.8) is 0 Å². The Labute approximate surface area is 374 Å². The van der Waals surface area contributed by atoms with E-state index >= 15 is 0 Å². The molecular formula is C54H50FN4OPt-3. The van der Waals surface area contributed by atoms with Crippen molar-refractivity contribution in [2.24, 2.45) is 0 Å². The minimum Gasteiger partial charge on any atom is -0.509 e. The van der Waals surface area contributed by atoms with Gasteiger partial charge in [0.25, 0.3) is 0 Å². The van der Waals surface area contributed by atoms with Gasteiger partial charge in [-0.05, 0) is 104 Å². The monoisotopic (exact) mass is 984 g/mol. The Bertz CT molecular complexity index is 2880. The molecule has 2 aromatic heterocycles. The summed E-state index contributed by atoms with van der Waals surface area (Å²) in [6.45, 7) is 22.4. The standard InChI is InChI=1S/C54H50FN4O.Pt/c1-52(2,3)37-25-26-56-51(31-37)59-47-24-19-36(35-17-20-40(55)21-18-35)27-46(47)45-23-22-44(33-50(45)59)60-43-14-12-13-41(32-43)57-34-58(49-16-11-10-15-48(49)57)42-29-38(53(4,5)6)28-39(30-42)54(7,8)9;/h10-31,34H,1-9H3;/q-3;. The van der Waals surface area contributed by atoms with E-state index < -0.39 is 0 Å². The fraction of sp³-hybridized carbons (Fsp3) is 0.222. The number of nitrogens with zero attached hydrogens (tertiary/aromatic N) is 4. The number of anilines is 4. The van der Waals surface area contributed by atoms with E-state index in [1.165, 1.54) is 28.8 Å². The molecule has 6 aromatic carbocycles. The van der Waals surface area contributed by atoms with Crippen LogP contribution in [0.1, 0.15) is 79.0 Å². The van der Waals surface area contributed by atoms with Crippen molar-refractivity contribution in [3.8, 4) is 28.4 Å². The molecule has 0 saturated carbocycles. The summed E-state index contributed by atoms with van der Waals surface area (Å²) < 4.78 is 22.6. The third-order valence-corrected chi connectivity index (χ3v) is 11.5. The van der Waals surface area contributed by atoms with Crippen LogP contribution in [0.4, 0.5) is 27.1 Å². The van der Waals surface area contributed by atoms with Crippen LogP contribution >= 0.6 is 0 Å². The van der Waals surface area contributed by atoms with E-state index in [1.54, 1.807) is 0 Å². The minimum atomic E-state index is -0.256. The van der Waals surface area contributed by atoms with Crippen molar-refractivity contribution < 1.29 is 30.2 Å². The summed E-state index contributed by atoms with van der Waals surface area (Å²) in [4.78, 5) is 9.34. The van der Waals surface area contributed by atoms with E-state index in [9.17, 15) is 4.39 Å². The third-order valence-electron chi connectivity index (χ3n) is 11.5. The van der Waals surface area contributed by atoms with Gasteiger partial charge < -0.3 is 19.1 Å². The van der Waals surface area contributed by atoms with Gasteiger partial charge >= 0.3 is 0 Å². The van der Waals surface area contributed by atoms with Crippen LogP contribution < -0.4 is 14.5 Å². The topological polar surface area (TPSA) is 33.5 Å². The van der Waals surface area contributed by atoms with E-state index in [2.05, 4.69) is 180 Å². The number of ether oxygens (including phenoxy) is 1. The van der Waals surface area contributed by atoms with Gasteiger partial charge in [0.2, 0.25) is 0 Å². The van der Waals surface area contributed by atoms with E-state index in [0.29, 0.717) is 11.5 Å². The van der Waals surface area contributed by atoms with Crippen LogP contribution in [0.3, 0.4) is 0 Å². The number of fused-ring (bicyclic) bond motifs is 4. The first-order valence-electron chi connectivity index (χ1n) is 20.6. The van der Waals surface area contributed by atoms with Gasteiger partial charge in [0.15, 0.2) is 0 Å². The molecule has 0 radical (unpaired) electrons. The molecule has 8 aromatic rings. The first-order chi connectivity index (χ1) is 28.5. The van der Waals surface area contributed by atoms with Crippen LogP contribution in [0.5, 0.6) is 11.5 Å². The second kappa shape index (κ2) is 15.6. The SMILES string of the molecule is CC(C)(C)c1cc(N2[CH-]N(c3[c-]c(Oc4[c-]c5c(cc4)c4cc(-c6ccc(F)cc6)ccc4n5-c4cc(C(C)(C)C)ccn4)ccc3)c3ccccc32)cc(C(C)(C)C)c1.[Pt]. The second-order valence-corrected chi connectivity index (χ2v) is 18.9. The van der Waals surface area contributed by atoms with Crippen LogP contribution in [-0.4, -0.2) is 9.55 Å². The average molecular weight is 985 g/mol. The van der Waals surface area contributed by atoms with E-state index in [-0.39, 0.29) is 43.1 Å². The van der Waals surface area contributed by atoms with Crippen molar-refractivity contribution in [2.75, 3.05) is 9.80 Å². The number of para-hydroxylation sites is 2. The molecule has 0 fully saturated rings. The predicted molar refractivity (Wildman–Crippen MR) is 246 cm³/mol. The van der Waals surface area contributed by atoms with Crippen LogP contribution in [0, 0.1) is 24.6 Å². The number of hydrogen-bond acceptors (Lipinski definition) is 4. The smallest absolute Gasteiger partial charge is 0.135 e. The zero-order chi connectivity index (χ0) is 42.1. The quantitative estimate of drug-likeness (QED) is 0.156. The minimum absolute atomic E-state index is 0. The predicted octanol–water partition coefficient (Wildman–Crippen LogP) is 14.7. The zero-order valence-electron chi connectivity index (χ0n) is 36.2. The van der Waals surface area contributed by atoms with E-state index in [0.717, 1.165) is 61.5 Å². The third kappa shape index (κ3) is 8.11. The summed E-state index contributed by atoms with van der Waals surface area (Å²) in [7, 11) is 0. The maximum Gasteiger partial charge on any atom is 0.135 e. The van der Waals surface area contributed by atoms with Crippen molar-refractivity contribution in [2.45, 2.75) is 78.6 Å². The Hall–Kier alpha value is -5.71. The van der Waals surface area contributed by atoms with Gasteiger partial charge in [-0.3, -0.25) is 0 Å². The summed E-state index contributed by atoms with van der Waals surface area (Å²) in [5, 5.41) is 2.05. The average Bonchev–Trinajstić information content (AvgIpc) is 3.76. The molecule has 1 aliphatic heterocycles. The maximum absolute atomic E-state index is 13.9. The molecule has 0 spiro atoms. The Morgan fingerprint density at radius 3 is 1.89 bits per heavy atom. The molecule has 3 heterocycles. The van der Waals surface area contributed by atoms with Gasteiger partial charge in [-0.25, -0.2) is 9.37 Å². The summed E-state index contributed by atoms with van der Waals surface area (Å²) in [5.74, 6) is 1.68.